The van der Waals surface area contributed by atoms with E-state index in [0.29, 0.717) is 5.56 Å². The minimum absolute atomic E-state index is 0.0327. The van der Waals surface area contributed by atoms with E-state index >= 15 is 0 Å². The number of hydrogen-bond donors (Lipinski definition) is 1. The fourth-order valence-electron chi connectivity index (χ4n) is 2.54. The fourth-order valence-corrected chi connectivity index (χ4v) is 2.54. The second kappa shape index (κ2) is 6.18. The van der Waals surface area contributed by atoms with Crippen LogP contribution < -0.4 is 5.32 Å². The Labute approximate surface area is 119 Å². The van der Waals surface area contributed by atoms with Crippen molar-refractivity contribution < 1.29 is 4.39 Å². The Morgan fingerprint density at radius 2 is 2.10 bits per heavy atom. The van der Waals surface area contributed by atoms with E-state index in [9.17, 15) is 4.39 Å². The number of halogens is 1. The standard InChI is InChI=1S/C16H22FN3/c1-5-18-15(10-13-9-12(3)19-20(13)4)14-8-6-7-11(2)16(14)17/h6-9,15,18H,5,10H2,1-4H3. The van der Waals surface area contributed by atoms with E-state index in [1.54, 1.807) is 13.0 Å². The van der Waals surface area contributed by atoms with Crippen LogP contribution in [0.25, 0.3) is 0 Å². The molecule has 0 saturated carbocycles. The van der Waals surface area contributed by atoms with Crippen molar-refractivity contribution in [3.05, 3.63) is 52.6 Å². The molecule has 108 valence electrons. The molecule has 0 aliphatic rings. The normalized spacial score (nSPS) is 12.7. The quantitative estimate of drug-likeness (QED) is 0.909. The monoisotopic (exact) mass is 275 g/mol. The minimum atomic E-state index is -0.114. The van der Waals surface area contributed by atoms with Crippen LogP contribution in [-0.4, -0.2) is 16.3 Å². The molecule has 1 unspecified atom stereocenters. The average molecular weight is 275 g/mol. The lowest BCUT2D eigenvalue weighted by molar-refractivity contribution is 0.494. The summed E-state index contributed by atoms with van der Waals surface area (Å²) < 4.78 is 16.2. The molecule has 0 fully saturated rings. The molecule has 1 N–H and O–H groups in total. The first-order chi connectivity index (χ1) is 9.52. The molecule has 1 aromatic heterocycles. The smallest absolute Gasteiger partial charge is 0.130 e. The lowest BCUT2D eigenvalue weighted by Gasteiger charge is -2.19. The molecule has 0 amide bonds. The summed E-state index contributed by atoms with van der Waals surface area (Å²) in [6, 6.07) is 7.59. The van der Waals surface area contributed by atoms with E-state index in [1.807, 2.05) is 37.7 Å². The van der Waals surface area contributed by atoms with Crippen molar-refractivity contribution >= 4 is 0 Å². The van der Waals surface area contributed by atoms with Crippen molar-refractivity contribution in [1.29, 1.82) is 0 Å². The van der Waals surface area contributed by atoms with Crippen LogP contribution in [-0.2, 0) is 13.5 Å². The van der Waals surface area contributed by atoms with Gasteiger partial charge >= 0.3 is 0 Å². The Hall–Kier alpha value is -1.68. The summed E-state index contributed by atoms with van der Waals surface area (Å²) >= 11 is 0. The highest BCUT2D eigenvalue weighted by atomic mass is 19.1. The molecule has 3 nitrogen and oxygen atoms in total. The maximum absolute atomic E-state index is 14.3. The molecule has 0 saturated heterocycles. The topological polar surface area (TPSA) is 29.9 Å². The van der Waals surface area contributed by atoms with Gasteiger partial charge in [-0.3, -0.25) is 4.68 Å². The number of aryl methyl sites for hydroxylation is 3. The van der Waals surface area contributed by atoms with E-state index < -0.39 is 0 Å². The average Bonchev–Trinajstić information content (AvgIpc) is 2.71. The number of hydrogen-bond acceptors (Lipinski definition) is 2. The van der Waals surface area contributed by atoms with Crippen LogP contribution in [0.15, 0.2) is 24.3 Å². The molecule has 1 aromatic carbocycles. The van der Waals surface area contributed by atoms with Gasteiger partial charge in [-0.1, -0.05) is 25.1 Å². The molecule has 1 heterocycles. The second-order valence-corrected chi connectivity index (χ2v) is 5.19. The van der Waals surface area contributed by atoms with Crippen LogP contribution in [0.2, 0.25) is 0 Å². The Morgan fingerprint density at radius 1 is 1.35 bits per heavy atom. The lowest BCUT2D eigenvalue weighted by Crippen LogP contribution is -2.25. The van der Waals surface area contributed by atoms with Gasteiger partial charge in [0.1, 0.15) is 5.82 Å². The maximum atomic E-state index is 14.3. The van der Waals surface area contributed by atoms with Crippen molar-refractivity contribution in [3.8, 4) is 0 Å². The van der Waals surface area contributed by atoms with Gasteiger partial charge in [0.25, 0.3) is 0 Å². The summed E-state index contributed by atoms with van der Waals surface area (Å²) in [6.07, 6.45) is 0.728. The van der Waals surface area contributed by atoms with Crippen LogP contribution in [0.1, 0.15) is 35.5 Å². The first-order valence-electron chi connectivity index (χ1n) is 7.00. The zero-order chi connectivity index (χ0) is 14.7. The lowest BCUT2D eigenvalue weighted by atomic mass is 9.99. The predicted octanol–water partition coefficient (Wildman–Crippen LogP) is 3.07. The summed E-state index contributed by atoms with van der Waals surface area (Å²) in [7, 11) is 1.93. The van der Waals surface area contributed by atoms with Gasteiger partial charge in [0.2, 0.25) is 0 Å². The van der Waals surface area contributed by atoms with Gasteiger partial charge in [-0.05, 0) is 32.0 Å². The van der Waals surface area contributed by atoms with Gasteiger partial charge in [-0.25, -0.2) is 4.39 Å². The van der Waals surface area contributed by atoms with E-state index in [4.69, 9.17) is 0 Å². The number of likely N-dealkylation sites (N-methyl/N-ethyl adjacent to an activating group) is 1. The SMILES string of the molecule is CCNC(Cc1cc(C)nn1C)c1cccc(C)c1F. The Kier molecular flexibility index (Phi) is 4.55. The minimum Gasteiger partial charge on any atom is -0.310 e. The molecule has 2 rings (SSSR count). The molecule has 20 heavy (non-hydrogen) atoms. The third-order valence-electron chi connectivity index (χ3n) is 3.56. The summed E-state index contributed by atoms with van der Waals surface area (Å²) in [6.45, 7) is 6.61. The first kappa shape index (κ1) is 14.7. The number of nitrogens with one attached hydrogen (secondary N) is 1. The molecule has 1 atom stereocenters. The molecule has 0 bridgehead atoms. The largest absolute Gasteiger partial charge is 0.310 e. The Balaban J connectivity index is 2.31. The number of aromatic nitrogens is 2. The summed E-state index contributed by atoms with van der Waals surface area (Å²) in [5.41, 5.74) is 3.51. The second-order valence-electron chi connectivity index (χ2n) is 5.19. The van der Waals surface area contributed by atoms with Gasteiger partial charge in [-0.15, -0.1) is 0 Å². The van der Waals surface area contributed by atoms with E-state index in [1.165, 1.54) is 0 Å². The highest BCUT2D eigenvalue weighted by Crippen LogP contribution is 2.23. The van der Waals surface area contributed by atoms with Crippen molar-refractivity contribution in [1.82, 2.24) is 15.1 Å². The molecular formula is C16H22FN3. The van der Waals surface area contributed by atoms with Crippen molar-refractivity contribution in [2.75, 3.05) is 6.54 Å². The third kappa shape index (κ3) is 3.07. The highest BCUT2D eigenvalue weighted by Gasteiger charge is 2.18. The zero-order valence-corrected chi connectivity index (χ0v) is 12.6. The van der Waals surface area contributed by atoms with E-state index in [2.05, 4.69) is 16.5 Å². The number of benzene rings is 1. The fraction of sp³-hybridized carbons (Fsp3) is 0.438. The van der Waals surface area contributed by atoms with Crippen LogP contribution >= 0.6 is 0 Å². The molecule has 0 aliphatic heterocycles. The third-order valence-corrected chi connectivity index (χ3v) is 3.56. The van der Waals surface area contributed by atoms with E-state index in [0.717, 1.165) is 29.9 Å². The van der Waals surface area contributed by atoms with Crippen LogP contribution in [0.3, 0.4) is 0 Å². The molecule has 2 aromatic rings. The van der Waals surface area contributed by atoms with Gasteiger partial charge in [-0.2, -0.15) is 5.10 Å². The van der Waals surface area contributed by atoms with Crippen LogP contribution in [0, 0.1) is 19.7 Å². The van der Waals surface area contributed by atoms with Gasteiger partial charge in [0, 0.05) is 30.8 Å². The van der Waals surface area contributed by atoms with Crippen molar-refractivity contribution in [2.45, 2.75) is 33.2 Å². The first-order valence-corrected chi connectivity index (χ1v) is 7.00. The highest BCUT2D eigenvalue weighted by molar-refractivity contribution is 5.29. The Morgan fingerprint density at radius 3 is 2.70 bits per heavy atom. The molecule has 0 aliphatic carbocycles. The molecule has 0 radical (unpaired) electrons. The maximum Gasteiger partial charge on any atom is 0.130 e. The van der Waals surface area contributed by atoms with Crippen LogP contribution in [0.4, 0.5) is 4.39 Å². The van der Waals surface area contributed by atoms with Crippen molar-refractivity contribution in [2.24, 2.45) is 7.05 Å². The van der Waals surface area contributed by atoms with Gasteiger partial charge in [0.05, 0.1) is 5.69 Å². The van der Waals surface area contributed by atoms with Gasteiger partial charge in [0.15, 0.2) is 0 Å². The number of nitrogens with zero attached hydrogens (tertiary/aromatic N) is 2. The Bertz CT molecular complexity index is 589. The van der Waals surface area contributed by atoms with Crippen LogP contribution in [0.5, 0.6) is 0 Å². The predicted molar refractivity (Wildman–Crippen MR) is 79.2 cm³/mol. The molecule has 4 heteroatoms. The zero-order valence-electron chi connectivity index (χ0n) is 12.6. The van der Waals surface area contributed by atoms with E-state index in [-0.39, 0.29) is 11.9 Å². The number of rotatable bonds is 5. The van der Waals surface area contributed by atoms with Gasteiger partial charge < -0.3 is 5.32 Å². The van der Waals surface area contributed by atoms with Crippen molar-refractivity contribution in [3.63, 3.8) is 0 Å². The summed E-state index contributed by atoms with van der Waals surface area (Å²) in [5, 5.41) is 7.72. The summed E-state index contributed by atoms with van der Waals surface area (Å²) in [4.78, 5) is 0. The molecule has 0 spiro atoms. The molecular weight excluding hydrogens is 253 g/mol. The summed E-state index contributed by atoms with van der Waals surface area (Å²) in [5.74, 6) is -0.114.